The molecule has 0 aromatic carbocycles. The molecule has 0 unspecified atom stereocenters. The Morgan fingerprint density at radius 3 is 2.47 bits per heavy atom. The zero-order valence-electron chi connectivity index (χ0n) is 12.2. The summed E-state index contributed by atoms with van der Waals surface area (Å²) in [5.41, 5.74) is -1.36. The van der Waals surface area contributed by atoms with Crippen molar-refractivity contribution in [2.45, 2.75) is 64.8 Å². The number of aliphatic carboxylic acids is 1. The smallest absolute Gasteiger partial charge is 0.412 e. The monoisotopic (exact) mass is 273 g/mol. The highest BCUT2D eigenvalue weighted by Crippen LogP contribution is 2.31. The van der Waals surface area contributed by atoms with Gasteiger partial charge in [-0.2, -0.15) is 0 Å². The number of hydrogen-bond donors (Lipinski definition) is 1. The normalized spacial score (nSPS) is 22.4. The third-order valence-electron chi connectivity index (χ3n) is 2.86. The molecular weight excluding hydrogens is 250 g/mol. The number of carboxylic acid groups (broad SMARTS) is 1. The Morgan fingerprint density at radius 2 is 2.00 bits per heavy atom. The van der Waals surface area contributed by atoms with Crippen LogP contribution in [0.25, 0.3) is 0 Å². The van der Waals surface area contributed by atoms with E-state index in [0.717, 1.165) is 0 Å². The van der Waals surface area contributed by atoms with Crippen LogP contribution in [0.3, 0.4) is 0 Å². The quantitative estimate of drug-likeness (QED) is 0.853. The van der Waals surface area contributed by atoms with Crippen molar-refractivity contribution >= 4 is 12.1 Å². The van der Waals surface area contributed by atoms with Crippen LogP contribution in [0.1, 0.15) is 47.5 Å². The minimum atomic E-state index is -0.881. The number of hydrogen-bond acceptors (Lipinski definition) is 4. The number of nitrogens with zero attached hydrogens (tertiary/aromatic N) is 1. The van der Waals surface area contributed by atoms with Gasteiger partial charge in [-0.3, -0.25) is 9.69 Å². The molecule has 0 aromatic rings. The molecular formula is C13H23NO5. The number of amides is 1. The first-order valence-electron chi connectivity index (χ1n) is 6.41. The third-order valence-corrected chi connectivity index (χ3v) is 2.86. The molecule has 1 amide bonds. The molecule has 0 bridgehead atoms. The van der Waals surface area contributed by atoms with E-state index in [-0.39, 0.29) is 12.5 Å². The lowest BCUT2D eigenvalue weighted by Crippen LogP contribution is -2.49. The van der Waals surface area contributed by atoms with Gasteiger partial charge in [0.15, 0.2) is 0 Å². The zero-order valence-corrected chi connectivity index (χ0v) is 12.2. The van der Waals surface area contributed by atoms with Crippen molar-refractivity contribution < 1.29 is 24.2 Å². The average molecular weight is 273 g/mol. The Kier molecular flexibility index (Phi) is 4.45. The van der Waals surface area contributed by atoms with Crippen molar-refractivity contribution in [3.63, 3.8) is 0 Å². The van der Waals surface area contributed by atoms with E-state index in [1.165, 1.54) is 4.90 Å². The molecule has 6 nitrogen and oxygen atoms in total. The fourth-order valence-corrected chi connectivity index (χ4v) is 2.07. The fraction of sp³-hybridized carbons (Fsp3) is 0.846. The van der Waals surface area contributed by atoms with Crippen LogP contribution >= 0.6 is 0 Å². The first-order valence-corrected chi connectivity index (χ1v) is 6.41. The predicted octanol–water partition coefficient (Wildman–Crippen LogP) is 2.22. The minimum absolute atomic E-state index is 0.00338. The Morgan fingerprint density at radius 1 is 1.42 bits per heavy atom. The summed E-state index contributed by atoms with van der Waals surface area (Å²) in [6, 6.07) is -0.263. The van der Waals surface area contributed by atoms with Crippen molar-refractivity contribution in [2.24, 2.45) is 0 Å². The van der Waals surface area contributed by atoms with E-state index in [4.69, 9.17) is 14.6 Å². The summed E-state index contributed by atoms with van der Waals surface area (Å²) in [5, 5.41) is 8.74. The molecule has 1 aliphatic rings. The van der Waals surface area contributed by atoms with E-state index in [9.17, 15) is 9.59 Å². The van der Waals surface area contributed by atoms with Gasteiger partial charge in [-0.15, -0.1) is 0 Å². The maximum atomic E-state index is 12.2. The summed E-state index contributed by atoms with van der Waals surface area (Å²) in [5.74, 6) is -0.881. The predicted molar refractivity (Wildman–Crippen MR) is 68.8 cm³/mol. The van der Waals surface area contributed by atoms with Crippen LogP contribution in [0.5, 0.6) is 0 Å². The van der Waals surface area contributed by atoms with Gasteiger partial charge in [0, 0.05) is 6.42 Å². The molecule has 0 saturated carbocycles. The average Bonchev–Trinajstić information content (AvgIpc) is 2.47. The van der Waals surface area contributed by atoms with Gasteiger partial charge in [0.1, 0.15) is 11.3 Å². The summed E-state index contributed by atoms with van der Waals surface area (Å²) in [4.78, 5) is 24.4. The second-order valence-corrected chi connectivity index (χ2v) is 6.19. The maximum Gasteiger partial charge on any atom is 0.412 e. The number of carbonyl (C=O) groups excluding carboxylic acids is 1. The van der Waals surface area contributed by atoms with E-state index >= 15 is 0 Å². The molecule has 0 radical (unpaired) electrons. The molecule has 110 valence electrons. The highest BCUT2D eigenvalue weighted by molar-refractivity contribution is 5.70. The third kappa shape index (κ3) is 4.38. The largest absolute Gasteiger partial charge is 0.481 e. The molecule has 1 saturated heterocycles. The van der Waals surface area contributed by atoms with Gasteiger partial charge in [-0.25, -0.2) is 4.79 Å². The van der Waals surface area contributed by atoms with Crippen LogP contribution in [0.2, 0.25) is 0 Å². The summed E-state index contributed by atoms with van der Waals surface area (Å²) < 4.78 is 10.9. The number of carboxylic acids is 1. The number of ether oxygens (including phenoxy) is 2. The Labute approximate surface area is 113 Å². The topological polar surface area (TPSA) is 76.1 Å². The first kappa shape index (κ1) is 15.8. The van der Waals surface area contributed by atoms with Crippen molar-refractivity contribution in [1.82, 2.24) is 4.90 Å². The minimum Gasteiger partial charge on any atom is -0.481 e. The summed E-state index contributed by atoms with van der Waals surface area (Å²) in [6.07, 6.45) is -0.105. The molecule has 0 aromatic heterocycles. The number of carbonyl (C=O) groups is 2. The number of rotatable bonds is 3. The van der Waals surface area contributed by atoms with Gasteiger partial charge in [0.25, 0.3) is 0 Å². The second-order valence-electron chi connectivity index (χ2n) is 6.19. The fourth-order valence-electron chi connectivity index (χ4n) is 2.07. The van der Waals surface area contributed by atoms with E-state index in [1.807, 2.05) is 0 Å². The van der Waals surface area contributed by atoms with Gasteiger partial charge >= 0.3 is 12.1 Å². The molecule has 19 heavy (non-hydrogen) atoms. The molecule has 6 heteroatoms. The molecule has 0 aliphatic carbocycles. The standard InChI is InChI=1S/C13H23NO5/c1-12(2,3)19-11(17)14-9(6-7-10(15)16)8-18-13(14,4)5/h9H,6-8H2,1-5H3,(H,15,16)/t9-/m0/s1. The lowest BCUT2D eigenvalue weighted by Gasteiger charge is -2.35. The van der Waals surface area contributed by atoms with Crippen LogP contribution < -0.4 is 0 Å². The highest BCUT2D eigenvalue weighted by atomic mass is 16.6. The van der Waals surface area contributed by atoms with Crippen LogP contribution in [-0.2, 0) is 14.3 Å². The van der Waals surface area contributed by atoms with E-state index < -0.39 is 23.4 Å². The molecule has 1 N–H and O–H groups in total. The highest BCUT2D eigenvalue weighted by Gasteiger charge is 2.45. The van der Waals surface area contributed by atoms with Crippen LogP contribution in [0, 0.1) is 0 Å². The van der Waals surface area contributed by atoms with E-state index in [1.54, 1.807) is 34.6 Å². The summed E-state index contributed by atoms with van der Waals surface area (Å²) in [7, 11) is 0. The van der Waals surface area contributed by atoms with Crippen molar-refractivity contribution in [3.05, 3.63) is 0 Å². The Balaban J connectivity index is 2.78. The lowest BCUT2D eigenvalue weighted by atomic mass is 10.1. The zero-order chi connectivity index (χ0) is 14.8. The molecule has 1 rings (SSSR count). The molecule has 1 aliphatic heterocycles. The summed E-state index contributed by atoms with van der Waals surface area (Å²) in [6.45, 7) is 9.26. The molecule has 1 fully saturated rings. The lowest BCUT2D eigenvalue weighted by molar-refractivity contribution is -0.137. The molecule has 1 atom stereocenters. The Bertz CT molecular complexity index is 359. The molecule has 1 heterocycles. The summed E-state index contributed by atoms with van der Waals surface area (Å²) >= 11 is 0. The first-order chi connectivity index (χ1) is 8.53. The van der Waals surface area contributed by atoms with Gasteiger partial charge in [0.05, 0.1) is 12.6 Å². The van der Waals surface area contributed by atoms with Crippen molar-refractivity contribution in [3.8, 4) is 0 Å². The van der Waals surface area contributed by atoms with Crippen LogP contribution in [0.15, 0.2) is 0 Å². The SMILES string of the molecule is CC(C)(C)OC(=O)N1[C@@H](CCC(=O)O)COC1(C)C. The van der Waals surface area contributed by atoms with Gasteiger partial charge < -0.3 is 14.6 Å². The van der Waals surface area contributed by atoms with Crippen LogP contribution in [0.4, 0.5) is 4.79 Å². The van der Waals surface area contributed by atoms with E-state index in [2.05, 4.69) is 0 Å². The van der Waals surface area contributed by atoms with Crippen LogP contribution in [-0.4, -0.2) is 46.0 Å². The van der Waals surface area contributed by atoms with Crippen molar-refractivity contribution in [1.29, 1.82) is 0 Å². The Hall–Kier alpha value is -1.30. The second kappa shape index (κ2) is 5.36. The van der Waals surface area contributed by atoms with E-state index in [0.29, 0.717) is 13.0 Å². The van der Waals surface area contributed by atoms with Gasteiger partial charge in [-0.05, 0) is 41.0 Å². The van der Waals surface area contributed by atoms with Crippen molar-refractivity contribution in [2.75, 3.05) is 6.61 Å². The van der Waals surface area contributed by atoms with Gasteiger partial charge in [-0.1, -0.05) is 0 Å². The van der Waals surface area contributed by atoms with Gasteiger partial charge in [0.2, 0.25) is 0 Å². The molecule has 0 spiro atoms. The maximum absolute atomic E-state index is 12.2.